The van der Waals surface area contributed by atoms with Crippen molar-refractivity contribution in [1.29, 1.82) is 5.26 Å². The highest BCUT2D eigenvalue weighted by Gasteiger charge is 2.34. The molecular formula is C46H52N6O4. The van der Waals surface area contributed by atoms with E-state index in [0.29, 0.717) is 51.3 Å². The standard InChI is InChI=1S/C46H52N6O4/c1-35(2)56-43-20-15-37(16-21-43)17-22-45(54)52(34-41-13-18-42(19-14-41)50-29-27-49(28-30-50)36(3)53)44(31-38-7-5-4-6-8-38)46(55)51-25-23-48(24-26-51)33-40-11-9-39(32-47)10-12-40/h4-22,35,44H,23-31,33-34H2,1-3H3. The Labute approximate surface area is 331 Å². The Morgan fingerprint density at radius 2 is 1.38 bits per heavy atom. The molecule has 0 aromatic heterocycles. The molecule has 1 atom stereocenters. The summed E-state index contributed by atoms with van der Waals surface area (Å²) < 4.78 is 5.80. The minimum atomic E-state index is -0.735. The van der Waals surface area contributed by atoms with E-state index in [1.807, 2.05) is 115 Å². The third kappa shape index (κ3) is 10.9. The lowest BCUT2D eigenvalue weighted by atomic mass is 10.0. The summed E-state index contributed by atoms with van der Waals surface area (Å²) in [5.74, 6) is 0.551. The van der Waals surface area contributed by atoms with E-state index in [0.717, 1.165) is 53.3 Å². The smallest absolute Gasteiger partial charge is 0.247 e. The van der Waals surface area contributed by atoms with Crippen molar-refractivity contribution in [2.24, 2.45) is 0 Å². The predicted molar refractivity (Wildman–Crippen MR) is 220 cm³/mol. The lowest BCUT2D eigenvalue weighted by Gasteiger charge is -2.39. The summed E-state index contributed by atoms with van der Waals surface area (Å²) in [5, 5.41) is 9.18. The zero-order valence-corrected chi connectivity index (χ0v) is 32.7. The minimum absolute atomic E-state index is 0.0575. The predicted octanol–water partition coefficient (Wildman–Crippen LogP) is 6.01. The molecule has 3 amide bonds. The van der Waals surface area contributed by atoms with Crippen LogP contribution < -0.4 is 9.64 Å². The molecule has 2 heterocycles. The first-order valence-electron chi connectivity index (χ1n) is 19.5. The third-order valence-electron chi connectivity index (χ3n) is 10.4. The molecule has 0 spiro atoms. The van der Waals surface area contributed by atoms with Crippen LogP contribution in [0.4, 0.5) is 5.69 Å². The second-order valence-electron chi connectivity index (χ2n) is 14.8. The number of hydrogen-bond acceptors (Lipinski definition) is 7. The molecule has 0 saturated carbocycles. The molecule has 4 aromatic carbocycles. The molecular weight excluding hydrogens is 701 g/mol. The molecule has 10 heteroatoms. The van der Waals surface area contributed by atoms with Crippen LogP contribution in [0.1, 0.15) is 48.6 Å². The summed E-state index contributed by atoms with van der Waals surface area (Å²) in [6.07, 6.45) is 3.80. The molecule has 10 nitrogen and oxygen atoms in total. The number of ether oxygens (including phenoxy) is 1. The Kier molecular flexibility index (Phi) is 13.6. The fourth-order valence-corrected chi connectivity index (χ4v) is 7.27. The van der Waals surface area contributed by atoms with Gasteiger partial charge in [0.25, 0.3) is 0 Å². The maximum absolute atomic E-state index is 14.7. The largest absolute Gasteiger partial charge is 0.491 e. The minimum Gasteiger partial charge on any atom is -0.491 e. The first-order chi connectivity index (χ1) is 27.1. The zero-order valence-electron chi connectivity index (χ0n) is 32.7. The van der Waals surface area contributed by atoms with Crippen LogP contribution >= 0.6 is 0 Å². The molecule has 0 N–H and O–H groups in total. The van der Waals surface area contributed by atoms with E-state index >= 15 is 0 Å². The molecule has 0 radical (unpaired) electrons. The number of carbonyl (C=O) groups excluding carboxylic acids is 3. The van der Waals surface area contributed by atoms with Gasteiger partial charge in [-0.05, 0) is 78.6 Å². The summed E-state index contributed by atoms with van der Waals surface area (Å²) in [7, 11) is 0. The van der Waals surface area contributed by atoms with Gasteiger partial charge in [-0.2, -0.15) is 5.26 Å². The quantitative estimate of drug-likeness (QED) is 0.154. The van der Waals surface area contributed by atoms with E-state index < -0.39 is 6.04 Å². The van der Waals surface area contributed by atoms with Crippen LogP contribution in [0.25, 0.3) is 6.08 Å². The highest BCUT2D eigenvalue weighted by molar-refractivity contribution is 5.96. The number of anilines is 1. The molecule has 2 saturated heterocycles. The first kappa shape index (κ1) is 39.8. The van der Waals surface area contributed by atoms with Crippen molar-refractivity contribution in [3.63, 3.8) is 0 Å². The van der Waals surface area contributed by atoms with Gasteiger partial charge in [-0.1, -0.05) is 66.7 Å². The van der Waals surface area contributed by atoms with Gasteiger partial charge >= 0.3 is 0 Å². The number of benzene rings is 4. The molecule has 56 heavy (non-hydrogen) atoms. The van der Waals surface area contributed by atoms with Crippen molar-refractivity contribution < 1.29 is 19.1 Å². The Hall–Kier alpha value is -5.92. The summed E-state index contributed by atoms with van der Waals surface area (Å²) in [6, 6.07) is 34.8. The highest BCUT2D eigenvalue weighted by Crippen LogP contribution is 2.23. The van der Waals surface area contributed by atoms with Gasteiger partial charge in [-0.25, -0.2) is 0 Å². The lowest BCUT2D eigenvalue weighted by molar-refractivity contribution is -0.145. The summed E-state index contributed by atoms with van der Waals surface area (Å²) >= 11 is 0. The number of nitriles is 1. The number of rotatable bonds is 13. The SMILES string of the molecule is CC(=O)N1CCN(c2ccc(CN(C(=O)C=Cc3ccc(OC(C)C)cc3)C(Cc3ccccc3)C(=O)N3CCN(Cc4ccc(C#N)cc4)CC3)cc2)CC1. The second kappa shape index (κ2) is 19.1. The van der Waals surface area contributed by atoms with Gasteiger partial charge in [0.1, 0.15) is 11.8 Å². The molecule has 2 aliphatic rings. The van der Waals surface area contributed by atoms with Crippen molar-refractivity contribution in [2.45, 2.75) is 52.4 Å². The van der Waals surface area contributed by atoms with Gasteiger partial charge in [0.15, 0.2) is 0 Å². The zero-order chi connectivity index (χ0) is 39.4. The van der Waals surface area contributed by atoms with Gasteiger partial charge in [-0.3, -0.25) is 19.3 Å². The second-order valence-corrected chi connectivity index (χ2v) is 14.8. The van der Waals surface area contributed by atoms with Crippen LogP contribution in [-0.4, -0.2) is 102 Å². The molecule has 0 aliphatic carbocycles. The molecule has 0 bridgehead atoms. The Bertz CT molecular complexity index is 1970. The van der Waals surface area contributed by atoms with Gasteiger partial charge in [0.05, 0.1) is 17.7 Å². The van der Waals surface area contributed by atoms with Crippen LogP contribution in [0, 0.1) is 11.3 Å². The molecule has 4 aromatic rings. The van der Waals surface area contributed by atoms with E-state index in [9.17, 15) is 19.6 Å². The average Bonchev–Trinajstić information content (AvgIpc) is 3.22. The Morgan fingerprint density at radius 1 is 0.750 bits per heavy atom. The number of carbonyl (C=O) groups is 3. The maximum atomic E-state index is 14.7. The van der Waals surface area contributed by atoms with Crippen LogP contribution in [0.15, 0.2) is 109 Å². The monoisotopic (exact) mass is 752 g/mol. The van der Waals surface area contributed by atoms with Crippen LogP contribution in [0.2, 0.25) is 0 Å². The van der Waals surface area contributed by atoms with Crippen molar-refractivity contribution in [3.05, 3.63) is 137 Å². The van der Waals surface area contributed by atoms with Crippen LogP contribution in [0.3, 0.4) is 0 Å². The lowest BCUT2D eigenvalue weighted by Crippen LogP contribution is -2.56. The van der Waals surface area contributed by atoms with Gasteiger partial charge < -0.3 is 24.3 Å². The topological polar surface area (TPSA) is 100 Å². The number of nitrogens with zero attached hydrogens (tertiary/aromatic N) is 6. The third-order valence-corrected chi connectivity index (χ3v) is 10.4. The molecule has 2 fully saturated rings. The van der Waals surface area contributed by atoms with E-state index in [-0.39, 0.29) is 30.4 Å². The maximum Gasteiger partial charge on any atom is 0.247 e. The normalized spacial score (nSPS) is 15.4. The molecule has 6 rings (SSSR count). The number of piperazine rings is 2. The Morgan fingerprint density at radius 3 is 1.98 bits per heavy atom. The van der Waals surface area contributed by atoms with E-state index in [4.69, 9.17) is 4.74 Å². The fourth-order valence-electron chi connectivity index (χ4n) is 7.27. The summed E-state index contributed by atoms with van der Waals surface area (Å²) in [5.41, 5.74) is 5.58. The molecule has 290 valence electrons. The molecule has 1 unspecified atom stereocenters. The summed E-state index contributed by atoms with van der Waals surface area (Å²) in [4.78, 5) is 51.1. The van der Waals surface area contributed by atoms with Gasteiger partial charge in [-0.15, -0.1) is 0 Å². The first-order valence-corrected chi connectivity index (χ1v) is 19.5. The van der Waals surface area contributed by atoms with Crippen LogP contribution in [-0.2, 0) is 33.9 Å². The van der Waals surface area contributed by atoms with Gasteiger partial charge in [0.2, 0.25) is 17.7 Å². The van der Waals surface area contributed by atoms with Gasteiger partial charge in [0, 0.05) is 90.6 Å². The van der Waals surface area contributed by atoms with Crippen molar-refractivity contribution >= 4 is 29.5 Å². The average molecular weight is 753 g/mol. The Balaban J connectivity index is 1.23. The molecule has 2 aliphatic heterocycles. The van der Waals surface area contributed by atoms with Crippen LogP contribution in [0.5, 0.6) is 5.75 Å². The van der Waals surface area contributed by atoms with E-state index in [1.165, 1.54) is 0 Å². The summed E-state index contributed by atoms with van der Waals surface area (Å²) in [6.45, 7) is 12.0. The van der Waals surface area contributed by atoms with E-state index in [2.05, 4.69) is 28.0 Å². The fraction of sp³-hybridized carbons (Fsp3) is 0.348. The van der Waals surface area contributed by atoms with Crippen molar-refractivity contribution in [2.75, 3.05) is 57.3 Å². The number of amides is 3. The van der Waals surface area contributed by atoms with Crippen molar-refractivity contribution in [1.82, 2.24) is 19.6 Å². The highest BCUT2D eigenvalue weighted by atomic mass is 16.5. The van der Waals surface area contributed by atoms with E-state index in [1.54, 1.807) is 24.0 Å². The number of hydrogen-bond donors (Lipinski definition) is 0. The van der Waals surface area contributed by atoms with Crippen molar-refractivity contribution in [3.8, 4) is 11.8 Å².